The smallest absolute Gasteiger partial charge is 0.315 e. The van der Waals surface area contributed by atoms with Crippen LogP contribution >= 0.6 is 0 Å². The van der Waals surface area contributed by atoms with Crippen molar-refractivity contribution in [2.45, 2.75) is 65.6 Å². The predicted octanol–water partition coefficient (Wildman–Crippen LogP) is 1.72. The Bertz CT molecular complexity index is 642. The van der Waals surface area contributed by atoms with Crippen molar-refractivity contribution in [2.24, 2.45) is 5.92 Å². The predicted molar refractivity (Wildman–Crippen MR) is 95.1 cm³/mol. The maximum atomic E-state index is 12.2. The Morgan fingerprint density at radius 3 is 2.40 bits per heavy atom. The summed E-state index contributed by atoms with van der Waals surface area (Å²) in [5.74, 6) is 0.588. The highest BCUT2D eigenvalue weighted by atomic mass is 16.2. The molecular formula is C18H29N5O2. The SMILES string of the molecule is CCn1nc(C)c(CNC(=O)NC2CCN(C(=O)C3CC3)CC2)c1C. The molecule has 7 nitrogen and oxygen atoms in total. The van der Waals surface area contributed by atoms with Crippen LogP contribution in [0.3, 0.4) is 0 Å². The number of rotatable bonds is 5. The summed E-state index contributed by atoms with van der Waals surface area (Å²) in [6, 6.07) is -0.00108. The van der Waals surface area contributed by atoms with E-state index >= 15 is 0 Å². The fourth-order valence-electron chi connectivity index (χ4n) is 3.54. The average molecular weight is 347 g/mol. The molecule has 0 aromatic carbocycles. The second kappa shape index (κ2) is 7.45. The molecule has 1 aliphatic carbocycles. The molecule has 0 radical (unpaired) electrons. The fourth-order valence-corrected chi connectivity index (χ4v) is 3.54. The van der Waals surface area contributed by atoms with Crippen LogP contribution in [0.15, 0.2) is 0 Å². The molecule has 1 aromatic heterocycles. The van der Waals surface area contributed by atoms with Crippen molar-refractivity contribution in [3.8, 4) is 0 Å². The van der Waals surface area contributed by atoms with Crippen LogP contribution in [0.25, 0.3) is 0 Å². The third-order valence-electron chi connectivity index (χ3n) is 5.33. The molecule has 3 amide bonds. The van der Waals surface area contributed by atoms with Gasteiger partial charge in [0.1, 0.15) is 0 Å². The van der Waals surface area contributed by atoms with E-state index in [0.29, 0.717) is 12.5 Å². The molecule has 2 aliphatic rings. The van der Waals surface area contributed by atoms with Crippen molar-refractivity contribution >= 4 is 11.9 Å². The van der Waals surface area contributed by atoms with Gasteiger partial charge in [0.05, 0.1) is 5.69 Å². The first-order valence-corrected chi connectivity index (χ1v) is 9.35. The molecule has 3 rings (SSSR count). The molecule has 7 heteroatoms. The summed E-state index contributed by atoms with van der Waals surface area (Å²) < 4.78 is 1.96. The van der Waals surface area contributed by atoms with E-state index < -0.39 is 0 Å². The number of nitrogens with one attached hydrogen (secondary N) is 2. The van der Waals surface area contributed by atoms with Crippen molar-refractivity contribution < 1.29 is 9.59 Å². The lowest BCUT2D eigenvalue weighted by Gasteiger charge is -2.32. The Balaban J connectivity index is 1.43. The number of aryl methyl sites for hydroxylation is 2. The molecule has 0 atom stereocenters. The highest BCUT2D eigenvalue weighted by Gasteiger charge is 2.35. The van der Waals surface area contributed by atoms with E-state index in [4.69, 9.17) is 0 Å². The van der Waals surface area contributed by atoms with E-state index in [9.17, 15) is 9.59 Å². The van der Waals surface area contributed by atoms with Crippen molar-refractivity contribution in [3.63, 3.8) is 0 Å². The maximum absolute atomic E-state index is 12.2. The van der Waals surface area contributed by atoms with Gasteiger partial charge < -0.3 is 15.5 Å². The Hall–Kier alpha value is -2.05. The Morgan fingerprint density at radius 2 is 1.84 bits per heavy atom. The number of nitrogens with zero attached hydrogens (tertiary/aromatic N) is 3. The zero-order valence-electron chi connectivity index (χ0n) is 15.5. The van der Waals surface area contributed by atoms with Crippen LogP contribution in [0, 0.1) is 19.8 Å². The molecule has 1 aromatic rings. The summed E-state index contributed by atoms with van der Waals surface area (Å²) in [7, 11) is 0. The largest absolute Gasteiger partial charge is 0.342 e. The Labute approximate surface area is 149 Å². The number of hydrogen-bond donors (Lipinski definition) is 2. The fraction of sp³-hybridized carbons (Fsp3) is 0.722. The Kier molecular flexibility index (Phi) is 5.30. The summed E-state index contributed by atoms with van der Waals surface area (Å²) in [4.78, 5) is 26.2. The molecule has 138 valence electrons. The molecule has 25 heavy (non-hydrogen) atoms. The molecule has 1 saturated heterocycles. The van der Waals surface area contributed by atoms with Gasteiger partial charge in [-0.05, 0) is 46.5 Å². The number of carbonyl (C=O) groups excluding carboxylic acids is 2. The van der Waals surface area contributed by atoms with E-state index in [0.717, 1.165) is 62.3 Å². The normalized spacial score (nSPS) is 18.3. The number of hydrogen-bond acceptors (Lipinski definition) is 3. The van der Waals surface area contributed by atoms with Gasteiger partial charge in [-0.3, -0.25) is 9.48 Å². The second-order valence-corrected chi connectivity index (χ2v) is 7.17. The van der Waals surface area contributed by atoms with Gasteiger partial charge in [0.2, 0.25) is 5.91 Å². The number of aromatic nitrogens is 2. The molecule has 1 aliphatic heterocycles. The van der Waals surface area contributed by atoms with Crippen molar-refractivity contribution in [1.29, 1.82) is 0 Å². The van der Waals surface area contributed by atoms with Gasteiger partial charge in [-0.1, -0.05) is 0 Å². The number of likely N-dealkylation sites (tertiary alicyclic amines) is 1. The molecule has 0 spiro atoms. The Morgan fingerprint density at radius 1 is 1.16 bits per heavy atom. The highest BCUT2D eigenvalue weighted by Crippen LogP contribution is 2.31. The van der Waals surface area contributed by atoms with E-state index in [1.165, 1.54) is 0 Å². The minimum Gasteiger partial charge on any atom is -0.342 e. The van der Waals surface area contributed by atoms with Gasteiger partial charge in [-0.25, -0.2) is 4.79 Å². The first-order chi connectivity index (χ1) is 12.0. The van der Waals surface area contributed by atoms with E-state index in [1.807, 2.05) is 23.4 Å². The van der Waals surface area contributed by atoms with E-state index in [2.05, 4.69) is 22.7 Å². The van der Waals surface area contributed by atoms with E-state index in [-0.39, 0.29) is 18.0 Å². The van der Waals surface area contributed by atoms with Crippen molar-refractivity contribution in [1.82, 2.24) is 25.3 Å². The quantitative estimate of drug-likeness (QED) is 0.851. The maximum Gasteiger partial charge on any atom is 0.315 e. The number of urea groups is 1. The topological polar surface area (TPSA) is 79.3 Å². The summed E-state index contributed by atoms with van der Waals surface area (Å²) in [5, 5.41) is 10.5. The van der Waals surface area contributed by atoms with Crippen molar-refractivity contribution in [3.05, 3.63) is 17.0 Å². The van der Waals surface area contributed by atoms with Crippen LogP contribution < -0.4 is 10.6 Å². The molecular weight excluding hydrogens is 318 g/mol. The van der Waals surface area contributed by atoms with Gasteiger partial charge in [0.15, 0.2) is 0 Å². The molecule has 2 fully saturated rings. The van der Waals surface area contributed by atoms with Crippen LogP contribution in [0.4, 0.5) is 4.79 Å². The highest BCUT2D eigenvalue weighted by molar-refractivity contribution is 5.81. The van der Waals surface area contributed by atoms with Gasteiger partial charge in [0.25, 0.3) is 0 Å². The van der Waals surface area contributed by atoms with Gasteiger partial charge in [0, 0.05) is 49.4 Å². The van der Waals surface area contributed by atoms with E-state index in [1.54, 1.807) is 0 Å². The summed E-state index contributed by atoms with van der Waals surface area (Å²) >= 11 is 0. The van der Waals surface area contributed by atoms with Crippen LogP contribution in [0.2, 0.25) is 0 Å². The zero-order chi connectivity index (χ0) is 18.0. The second-order valence-electron chi connectivity index (χ2n) is 7.17. The lowest BCUT2D eigenvalue weighted by molar-refractivity contribution is -0.133. The monoisotopic (exact) mass is 347 g/mol. The van der Waals surface area contributed by atoms with Crippen molar-refractivity contribution in [2.75, 3.05) is 13.1 Å². The number of carbonyl (C=O) groups is 2. The molecule has 0 bridgehead atoms. The molecule has 2 heterocycles. The van der Waals surface area contributed by atoms with Gasteiger partial charge in [-0.2, -0.15) is 5.10 Å². The first-order valence-electron chi connectivity index (χ1n) is 9.35. The summed E-state index contributed by atoms with van der Waals surface area (Å²) in [5.41, 5.74) is 3.15. The third-order valence-corrected chi connectivity index (χ3v) is 5.33. The molecule has 0 unspecified atom stereocenters. The van der Waals surface area contributed by atoms with Crippen LogP contribution in [0.5, 0.6) is 0 Å². The number of piperidine rings is 1. The number of amides is 3. The zero-order valence-corrected chi connectivity index (χ0v) is 15.5. The molecule has 1 saturated carbocycles. The molecule has 2 N–H and O–H groups in total. The minimum atomic E-state index is -0.144. The standard InChI is InChI=1S/C18H29N5O2/c1-4-23-13(3)16(12(2)21-23)11-19-18(25)20-15-7-9-22(10-8-15)17(24)14-5-6-14/h14-15H,4-11H2,1-3H3,(H2,19,20,25). The van der Waals surface area contributed by atoms with Crippen LogP contribution in [0.1, 0.15) is 49.6 Å². The first kappa shape index (κ1) is 17.8. The van der Waals surface area contributed by atoms with Gasteiger partial charge >= 0.3 is 6.03 Å². The minimum absolute atomic E-state index is 0.142. The van der Waals surface area contributed by atoms with Crippen LogP contribution in [-0.2, 0) is 17.9 Å². The van der Waals surface area contributed by atoms with Gasteiger partial charge in [-0.15, -0.1) is 0 Å². The van der Waals surface area contributed by atoms with Crippen LogP contribution in [-0.4, -0.2) is 45.8 Å². The summed E-state index contributed by atoms with van der Waals surface area (Å²) in [6.45, 7) is 8.89. The third kappa shape index (κ3) is 4.14. The lowest BCUT2D eigenvalue weighted by atomic mass is 10.0. The summed E-state index contributed by atoms with van der Waals surface area (Å²) in [6.07, 6.45) is 3.76. The lowest BCUT2D eigenvalue weighted by Crippen LogP contribution is -2.49. The average Bonchev–Trinajstić information content (AvgIpc) is 3.40.